The zero-order chi connectivity index (χ0) is 12.3. The van der Waals surface area contributed by atoms with Crippen molar-refractivity contribution in [3.63, 3.8) is 0 Å². The molecule has 0 saturated carbocycles. The van der Waals surface area contributed by atoms with Crippen molar-refractivity contribution in [1.82, 2.24) is 10.1 Å². The standard InChI is InChI=1S/C11H11FN2O2S/c1-7(15)11-13-10(14-16-11)6-17-9-5-3-2-4-8(9)12/h2-5,7,15H,6H2,1H3/t7-/m1/s1. The third-order valence-corrected chi connectivity index (χ3v) is 3.08. The SMILES string of the molecule is C[C@@H](O)c1nc(CSc2ccccc2F)no1. The highest BCUT2D eigenvalue weighted by Crippen LogP contribution is 2.24. The van der Waals surface area contributed by atoms with E-state index < -0.39 is 6.10 Å². The van der Waals surface area contributed by atoms with Gasteiger partial charge in [-0.2, -0.15) is 4.98 Å². The van der Waals surface area contributed by atoms with Gasteiger partial charge < -0.3 is 9.63 Å². The molecule has 6 heteroatoms. The van der Waals surface area contributed by atoms with Crippen molar-refractivity contribution >= 4 is 11.8 Å². The Balaban J connectivity index is 2.00. The predicted octanol–water partition coefficient (Wildman–Crippen LogP) is 2.55. The topological polar surface area (TPSA) is 59.2 Å². The molecule has 0 unspecified atom stereocenters. The van der Waals surface area contributed by atoms with E-state index in [2.05, 4.69) is 10.1 Å². The highest BCUT2D eigenvalue weighted by atomic mass is 32.2. The van der Waals surface area contributed by atoms with E-state index in [0.717, 1.165) is 0 Å². The van der Waals surface area contributed by atoms with Crippen LogP contribution in [0.2, 0.25) is 0 Å². The molecule has 1 heterocycles. The molecule has 0 saturated heterocycles. The maximum Gasteiger partial charge on any atom is 0.255 e. The molecule has 90 valence electrons. The van der Waals surface area contributed by atoms with Crippen LogP contribution in [0.4, 0.5) is 4.39 Å². The molecule has 17 heavy (non-hydrogen) atoms. The Morgan fingerprint density at radius 3 is 2.88 bits per heavy atom. The Hall–Kier alpha value is -1.40. The average Bonchev–Trinajstić information content (AvgIpc) is 2.77. The van der Waals surface area contributed by atoms with Crippen LogP contribution in [0.5, 0.6) is 0 Å². The summed E-state index contributed by atoms with van der Waals surface area (Å²) in [5.41, 5.74) is 0. The fraction of sp³-hybridized carbons (Fsp3) is 0.273. The van der Waals surface area contributed by atoms with Crippen LogP contribution in [0, 0.1) is 5.82 Å². The van der Waals surface area contributed by atoms with Gasteiger partial charge in [-0.3, -0.25) is 0 Å². The van der Waals surface area contributed by atoms with E-state index in [-0.39, 0.29) is 11.7 Å². The normalized spacial score (nSPS) is 12.6. The second kappa shape index (κ2) is 5.29. The lowest BCUT2D eigenvalue weighted by Crippen LogP contribution is -1.91. The highest BCUT2D eigenvalue weighted by Gasteiger charge is 2.11. The van der Waals surface area contributed by atoms with Crippen LogP contribution in [0.1, 0.15) is 24.7 Å². The van der Waals surface area contributed by atoms with Gasteiger partial charge in [-0.1, -0.05) is 17.3 Å². The Bertz CT molecular complexity index is 502. The first-order valence-electron chi connectivity index (χ1n) is 5.04. The van der Waals surface area contributed by atoms with E-state index in [1.807, 2.05) is 0 Å². The first kappa shape index (κ1) is 12.1. The number of nitrogens with zero attached hydrogens (tertiary/aromatic N) is 2. The van der Waals surface area contributed by atoms with Crippen LogP contribution in [-0.4, -0.2) is 15.2 Å². The van der Waals surface area contributed by atoms with Crippen molar-refractivity contribution in [2.24, 2.45) is 0 Å². The minimum absolute atomic E-state index is 0.175. The number of aliphatic hydroxyl groups is 1. The molecular weight excluding hydrogens is 243 g/mol. The predicted molar refractivity (Wildman–Crippen MR) is 60.9 cm³/mol. The molecule has 2 rings (SSSR count). The molecule has 4 nitrogen and oxygen atoms in total. The van der Waals surface area contributed by atoms with Gasteiger partial charge in [-0.25, -0.2) is 4.39 Å². The van der Waals surface area contributed by atoms with Crippen molar-refractivity contribution in [2.75, 3.05) is 0 Å². The molecule has 0 aliphatic carbocycles. The largest absolute Gasteiger partial charge is 0.384 e. The zero-order valence-electron chi connectivity index (χ0n) is 9.13. The van der Waals surface area contributed by atoms with E-state index in [4.69, 9.17) is 4.52 Å². The van der Waals surface area contributed by atoms with Gasteiger partial charge in [-0.05, 0) is 19.1 Å². The van der Waals surface area contributed by atoms with Gasteiger partial charge in [-0.15, -0.1) is 11.8 Å². The number of hydrogen-bond acceptors (Lipinski definition) is 5. The molecular formula is C11H11FN2O2S. The van der Waals surface area contributed by atoms with E-state index >= 15 is 0 Å². The number of hydrogen-bond donors (Lipinski definition) is 1. The van der Waals surface area contributed by atoms with E-state index in [1.54, 1.807) is 25.1 Å². The summed E-state index contributed by atoms with van der Waals surface area (Å²) in [5.74, 6) is 0.747. The smallest absolute Gasteiger partial charge is 0.255 e. The molecule has 0 aliphatic rings. The molecule has 1 aromatic carbocycles. The Kier molecular flexibility index (Phi) is 3.75. The number of rotatable bonds is 4. The van der Waals surface area contributed by atoms with Crippen LogP contribution in [-0.2, 0) is 5.75 Å². The maximum absolute atomic E-state index is 13.3. The van der Waals surface area contributed by atoms with Crippen LogP contribution < -0.4 is 0 Å². The van der Waals surface area contributed by atoms with Gasteiger partial charge in [0.2, 0.25) is 0 Å². The Morgan fingerprint density at radius 1 is 1.47 bits per heavy atom. The molecule has 2 aromatic rings. The first-order valence-corrected chi connectivity index (χ1v) is 6.03. The number of benzene rings is 1. The summed E-state index contributed by atoms with van der Waals surface area (Å²) >= 11 is 1.28. The second-order valence-electron chi connectivity index (χ2n) is 3.44. The fourth-order valence-electron chi connectivity index (χ4n) is 1.20. The molecule has 1 N–H and O–H groups in total. The summed E-state index contributed by atoms with van der Waals surface area (Å²) in [6.07, 6.45) is -0.783. The molecule has 0 aliphatic heterocycles. The fourth-order valence-corrected chi connectivity index (χ4v) is 1.98. The number of thioether (sulfide) groups is 1. The quantitative estimate of drug-likeness (QED) is 0.850. The number of aromatic nitrogens is 2. The van der Waals surface area contributed by atoms with Crippen molar-refractivity contribution in [3.8, 4) is 0 Å². The highest BCUT2D eigenvalue weighted by molar-refractivity contribution is 7.98. The summed E-state index contributed by atoms with van der Waals surface area (Å²) in [5, 5.41) is 12.9. The van der Waals surface area contributed by atoms with Gasteiger partial charge in [0.25, 0.3) is 5.89 Å². The van der Waals surface area contributed by atoms with E-state index in [9.17, 15) is 9.50 Å². The van der Waals surface area contributed by atoms with Crippen molar-refractivity contribution in [1.29, 1.82) is 0 Å². The minimum atomic E-state index is -0.783. The lowest BCUT2D eigenvalue weighted by Gasteiger charge is -1.99. The molecule has 1 aromatic heterocycles. The molecule has 0 amide bonds. The number of aliphatic hydroxyl groups excluding tert-OH is 1. The van der Waals surface area contributed by atoms with Crippen molar-refractivity contribution in [2.45, 2.75) is 23.7 Å². The van der Waals surface area contributed by atoms with Gasteiger partial charge in [0.1, 0.15) is 11.9 Å². The van der Waals surface area contributed by atoms with Gasteiger partial charge in [0, 0.05) is 4.90 Å². The van der Waals surface area contributed by atoms with Gasteiger partial charge >= 0.3 is 0 Å². The summed E-state index contributed by atoms with van der Waals surface area (Å²) in [6.45, 7) is 1.54. The summed E-state index contributed by atoms with van der Waals surface area (Å²) in [6, 6.07) is 6.50. The lowest BCUT2D eigenvalue weighted by atomic mass is 10.3. The third-order valence-electron chi connectivity index (χ3n) is 2.03. The van der Waals surface area contributed by atoms with Crippen molar-refractivity contribution < 1.29 is 14.0 Å². The third kappa shape index (κ3) is 3.04. The Labute approximate surface area is 102 Å². The van der Waals surface area contributed by atoms with Crippen LogP contribution in [0.25, 0.3) is 0 Å². The second-order valence-corrected chi connectivity index (χ2v) is 4.46. The van der Waals surface area contributed by atoms with Crippen LogP contribution >= 0.6 is 11.8 Å². The average molecular weight is 254 g/mol. The summed E-state index contributed by atoms with van der Waals surface area (Å²) in [4.78, 5) is 4.52. The molecule has 0 spiro atoms. The van der Waals surface area contributed by atoms with E-state index in [1.165, 1.54) is 17.8 Å². The first-order chi connectivity index (χ1) is 8.16. The zero-order valence-corrected chi connectivity index (χ0v) is 9.95. The van der Waals surface area contributed by atoms with E-state index in [0.29, 0.717) is 16.5 Å². The molecule has 1 atom stereocenters. The maximum atomic E-state index is 13.3. The lowest BCUT2D eigenvalue weighted by molar-refractivity contribution is 0.151. The molecule has 0 bridgehead atoms. The van der Waals surface area contributed by atoms with Gasteiger partial charge in [0.05, 0.1) is 5.75 Å². The minimum Gasteiger partial charge on any atom is -0.384 e. The molecule has 0 radical (unpaired) electrons. The molecule has 0 fully saturated rings. The summed E-state index contributed by atoms with van der Waals surface area (Å²) in [7, 11) is 0. The monoisotopic (exact) mass is 254 g/mol. The van der Waals surface area contributed by atoms with Crippen LogP contribution in [0.3, 0.4) is 0 Å². The van der Waals surface area contributed by atoms with Crippen LogP contribution in [0.15, 0.2) is 33.7 Å². The van der Waals surface area contributed by atoms with Crippen molar-refractivity contribution in [3.05, 3.63) is 41.8 Å². The Morgan fingerprint density at radius 2 is 2.24 bits per heavy atom. The number of halogens is 1. The summed E-state index contributed by atoms with van der Waals surface area (Å²) < 4.78 is 18.1. The van der Waals surface area contributed by atoms with Gasteiger partial charge in [0.15, 0.2) is 5.82 Å².